The second kappa shape index (κ2) is 6.17. The summed E-state index contributed by atoms with van der Waals surface area (Å²) in [6, 6.07) is 0. The second-order valence-corrected chi connectivity index (χ2v) is 6.54. The lowest BCUT2D eigenvalue weighted by atomic mass is 10.0. The van der Waals surface area contributed by atoms with Crippen molar-refractivity contribution in [2.45, 2.75) is 78.1 Å². The third kappa shape index (κ3) is 7.74. The smallest absolute Gasteiger partial charge is 0.0748 e. The van der Waals surface area contributed by atoms with E-state index in [0.717, 1.165) is 12.8 Å². The molecule has 0 aromatic rings. The van der Waals surface area contributed by atoms with Crippen LogP contribution in [0.15, 0.2) is 0 Å². The highest BCUT2D eigenvalue weighted by Crippen LogP contribution is 2.26. The Morgan fingerprint density at radius 1 is 0.882 bits per heavy atom. The van der Waals surface area contributed by atoms with Gasteiger partial charge in [-0.25, -0.2) is 0 Å². The van der Waals surface area contributed by atoms with Gasteiger partial charge in [0.1, 0.15) is 0 Å². The van der Waals surface area contributed by atoms with Crippen molar-refractivity contribution < 1.29 is 9.47 Å². The van der Waals surface area contributed by atoms with Crippen LogP contribution in [-0.4, -0.2) is 30.0 Å². The van der Waals surface area contributed by atoms with E-state index in [4.69, 9.17) is 15.2 Å². The highest BCUT2D eigenvalue weighted by atomic mass is 16.5. The zero-order valence-electron chi connectivity index (χ0n) is 12.7. The Balaban J connectivity index is 4.11. The highest BCUT2D eigenvalue weighted by Gasteiger charge is 2.28. The maximum absolute atomic E-state index is 6.11. The van der Waals surface area contributed by atoms with Crippen molar-refractivity contribution in [1.29, 1.82) is 0 Å². The van der Waals surface area contributed by atoms with Crippen molar-refractivity contribution in [1.82, 2.24) is 0 Å². The van der Waals surface area contributed by atoms with Gasteiger partial charge in [0.15, 0.2) is 0 Å². The summed E-state index contributed by atoms with van der Waals surface area (Å²) in [4.78, 5) is 0. The van der Waals surface area contributed by atoms with Gasteiger partial charge in [0, 0.05) is 6.54 Å². The molecule has 0 rings (SSSR count). The van der Waals surface area contributed by atoms with Crippen molar-refractivity contribution in [2.24, 2.45) is 5.73 Å². The predicted molar refractivity (Wildman–Crippen MR) is 73.2 cm³/mol. The van der Waals surface area contributed by atoms with Crippen molar-refractivity contribution in [3.05, 3.63) is 0 Å². The normalized spacial score (nSPS) is 14.1. The molecule has 0 amide bonds. The average Bonchev–Trinajstić information content (AvgIpc) is 2.15. The zero-order chi connectivity index (χ0) is 13.7. The molecule has 2 N–H and O–H groups in total. The summed E-state index contributed by atoms with van der Waals surface area (Å²) in [6.07, 6.45) is 1.88. The molecule has 0 bridgehead atoms. The number of hydrogen-bond donors (Lipinski definition) is 1. The first-order chi connectivity index (χ1) is 7.54. The van der Waals surface area contributed by atoms with Crippen molar-refractivity contribution in [3.8, 4) is 0 Å². The third-order valence-electron chi connectivity index (χ3n) is 3.09. The van der Waals surface area contributed by atoms with E-state index in [2.05, 4.69) is 34.6 Å². The monoisotopic (exact) mass is 245 g/mol. The molecule has 0 spiro atoms. The minimum absolute atomic E-state index is 0.0765. The van der Waals surface area contributed by atoms with Crippen molar-refractivity contribution in [2.75, 3.05) is 13.2 Å². The summed E-state index contributed by atoms with van der Waals surface area (Å²) in [5.74, 6) is 0. The summed E-state index contributed by atoms with van der Waals surface area (Å²) < 4.78 is 11.9. The fourth-order valence-corrected chi connectivity index (χ4v) is 1.50. The van der Waals surface area contributed by atoms with Crippen LogP contribution in [0.5, 0.6) is 0 Å². The largest absolute Gasteiger partial charge is 0.374 e. The van der Waals surface area contributed by atoms with Gasteiger partial charge in [0.05, 0.1) is 23.4 Å². The Labute approximate surface area is 107 Å². The highest BCUT2D eigenvalue weighted by molar-refractivity contribution is 4.77. The summed E-state index contributed by atoms with van der Waals surface area (Å²) in [5.41, 5.74) is 5.14. The Morgan fingerprint density at radius 3 is 1.82 bits per heavy atom. The molecule has 3 nitrogen and oxygen atoms in total. The number of rotatable bonds is 8. The van der Waals surface area contributed by atoms with Crippen LogP contribution in [0.3, 0.4) is 0 Å². The van der Waals surface area contributed by atoms with Gasteiger partial charge in [-0.15, -0.1) is 0 Å². The van der Waals surface area contributed by atoms with Gasteiger partial charge >= 0.3 is 0 Å². The maximum Gasteiger partial charge on any atom is 0.0748 e. The van der Waals surface area contributed by atoms with Gasteiger partial charge in [-0.3, -0.25) is 0 Å². The maximum atomic E-state index is 6.11. The molecule has 0 radical (unpaired) electrons. The molecule has 0 fully saturated rings. The van der Waals surface area contributed by atoms with Crippen LogP contribution >= 0.6 is 0 Å². The van der Waals surface area contributed by atoms with E-state index in [-0.39, 0.29) is 16.8 Å². The van der Waals surface area contributed by atoms with E-state index in [0.29, 0.717) is 13.2 Å². The Hall–Kier alpha value is -0.120. The molecule has 3 heteroatoms. The van der Waals surface area contributed by atoms with Crippen LogP contribution in [-0.2, 0) is 9.47 Å². The number of nitrogens with two attached hydrogens (primary N) is 1. The van der Waals surface area contributed by atoms with Crippen molar-refractivity contribution in [3.63, 3.8) is 0 Å². The van der Waals surface area contributed by atoms with Crippen LogP contribution in [0, 0.1) is 0 Å². The van der Waals surface area contributed by atoms with Gasteiger partial charge < -0.3 is 15.2 Å². The number of hydrogen-bond acceptors (Lipinski definition) is 3. The van der Waals surface area contributed by atoms with E-state index < -0.39 is 0 Å². The lowest BCUT2D eigenvalue weighted by molar-refractivity contribution is -0.140. The van der Waals surface area contributed by atoms with Crippen LogP contribution in [0.1, 0.15) is 61.3 Å². The van der Waals surface area contributed by atoms with Crippen LogP contribution in [0.4, 0.5) is 0 Å². The quantitative estimate of drug-likeness (QED) is 0.714. The standard InChI is InChI=1S/C14H31NO2/c1-8-12(2,3)17-13(4,5)9-10-16-14(6,7)11-15/h8-11,15H2,1-7H3. The molecule has 17 heavy (non-hydrogen) atoms. The Morgan fingerprint density at radius 2 is 1.41 bits per heavy atom. The van der Waals surface area contributed by atoms with Crippen molar-refractivity contribution >= 4 is 0 Å². The summed E-state index contributed by atoms with van der Waals surface area (Å²) >= 11 is 0. The van der Waals surface area contributed by atoms with E-state index in [1.807, 2.05) is 13.8 Å². The molecule has 0 saturated heterocycles. The summed E-state index contributed by atoms with van der Waals surface area (Å²) in [7, 11) is 0. The minimum Gasteiger partial charge on any atom is -0.374 e. The molecule has 0 unspecified atom stereocenters. The first kappa shape index (κ1) is 16.9. The van der Waals surface area contributed by atoms with Gasteiger partial charge in [-0.2, -0.15) is 0 Å². The SMILES string of the molecule is CCC(C)(C)OC(C)(C)CCOC(C)(C)CN. The molecule has 0 aliphatic rings. The molecule has 0 heterocycles. The van der Waals surface area contributed by atoms with E-state index in [1.54, 1.807) is 0 Å². The average molecular weight is 245 g/mol. The van der Waals surface area contributed by atoms with Gasteiger partial charge in [-0.1, -0.05) is 6.92 Å². The zero-order valence-corrected chi connectivity index (χ0v) is 12.7. The van der Waals surface area contributed by atoms with Crippen LogP contribution < -0.4 is 5.73 Å². The van der Waals surface area contributed by atoms with E-state index in [1.165, 1.54) is 0 Å². The summed E-state index contributed by atoms with van der Waals surface area (Å²) in [6.45, 7) is 15.9. The lowest BCUT2D eigenvalue weighted by Gasteiger charge is -2.36. The molecular weight excluding hydrogens is 214 g/mol. The van der Waals surface area contributed by atoms with Gasteiger partial charge in [0.2, 0.25) is 0 Å². The van der Waals surface area contributed by atoms with Crippen LogP contribution in [0.25, 0.3) is 0 Å². The molecule has 0 atom stereocenters. The second-order valence-electron chi connectivity index (χ2n) is 6.54. The molecule has 104 valence electrons. The van der Waals surface area contributed by atoms with Crippen LogP contribution in [0.2, 0.25) is 0 Å². The Kier molecular flexibility index (Phi) is 6.12. The molecular formula is C14H31NO2. The summed E-state index contributed by atoms with van der Waals surface area (Å²) in [5, 5.41) is 0. The molecule has 0 aliphatic heterocycles. The molecule has 0 aliphatic carbocycles. The molecule has 0 aromatic carbocycles. The first-order valence-corrected chi connectivity index (χ1v) is 6.58. The third-order valence-corrected chi connectivity index (χ3v) is 3.09. The predicted octanol–water partition coefficient (Wildman–Crippen LogP) is 3.11. The minimum atomic E-state index is -0.240. The Bertz CT molecular complexity index is 222. The molecule has 0 aromatic heterocycles. The lowest BCUT2D eigenvalue weighted by Crippen LogP contribution is -2.39. The van der Waals surface area contributed by atoms with Gasteiger partial charge in [0.25, 0.3) is 0 Å². The fraction of sp³-hybridized carbons (Fsp3) is 1.00. The van der Waals surface area contributed by atoms with Gasteiger partial charge in [-0.05, 0) is 54.4 Å². The molecule has 0 saturated carbocycles. The number of ether oxygens (including phenoxy) is 2. The van der Waals surface area contributed by atoms with E-state index in [9.17, 15) is 0 Å². The first-order valence-electron chi connectivity index (χ1n) is 6.58. The topological polar surface area (TPSA) is 44.5 Å². The fourth-order valence-electron chi connectivity index (χ4n) is 1.50. The van der Waals surface area contributed by atoms with E-state index >= 15 is 0 Å².